The second-order valence-electron chi connectivity index (χ2n) is 7.37. The maximum Gasteiger partial charge on any atom is 0.243 e. The SMILES string of the molecule is CC(=O)Nc1ccc(S(=O)(=O)N2CCN(c3cc(OC(C)C)nc(C)n3)CC2)cc1. The van der Waals surface area contributed by atoms with Crippen molar-refractivity contribution >= 4 is 27.4 Å². The van der Waals surface area contributed by atoms with Crippen molar-refractivity contribution in [3.63, 3.8) is 0 Å². The minimum absolute atomic E-state index is 0.00572. The summed E-state index contributed by atoms with van der Waals surface area (Å²) < 4.78 is 33.1. The van der Waals surface area contributed by atoms with E-state index in [4.69, 9.17) is 4.74 Å². The van der Waals surface area contributed by atoms with Crippen LogP contribution in [0.3, 0.4) is 0 Å². The lowest BCUT2D eigenvalue weighted by Gasteiger charge is -2.34. The first-order valence-corrected chi connectivity index (χ1v) is 11.2. The van der Waals surface area contributed by atoms with E-state index in [1.165, 1.54) is 23.4 Å². The van der Waals surface area contributed by atoms with E-state index < -0.39 is 10.0 Å². The fourth-order valence-electron chi connectivity index (χ4n) is 3.21. The number of carbonyl (C=O) groups excluding carboxylic acids is 1. The van der Waals surface area contributed by atoms with Crippen LogP contribution in [0.5, 0.6) is 5.88 Å². The average molecular weight is 434 g/mol. The number of aryl methyl sites for hydroxylation is 1. The van der Waals surface area contributed by atoms with Crippen LogP contribution in [0.1, 0.15) is 26.6 Å². The van der Waals surface area contributed by atoms with Crippen LogP contribution < -0.4 is 15.0 Å². The molecule has 1 N–H and O–H groups in total. The van der Waals surface area contributed by atoms with Crippen molar-refractivity contribution in [2.24, 2.45) is 0 Å². The molecule has 1 saturated heterocycles. The third kappa shape index (κ3) is 5.25. The van der Waals surface area contributed by atoms with Crippen molar-refractivity contribution in [3.8, 4) is 5.88 Å². The Morgan fingerprint density at radius 1 is 1.10 bits per heavy atom. The molecular formula is C20H27N5O4S. The summed E-state index contributed by atoms with van der Waals surface area (Å²) in [4.78, 5) is 22.1. The van der Waals surface area contributed by atoms with Crippen molar-refractivity contribution < 1.29 is 17.9 Å². The van der Waals surface area contributed by atoms with Gasteiger partial charge in [0.05, 0.1) is 11.0 Å². The molecule has 1 aromatic carbocycles. The number of aromatic nitrogens is 2. The third-order valence-corrected chi connectivity index (χ3v) is 6.45. The summed E-state index contributed by atoms with van der Waals surface area (Å²) in [5, 5.41) is 2.63. The molecule has 0 unspecified atom stereocenters. The van der Waals surface area contributed by atoms with Crippen molar-refractivity contribution in [1.29, 1.82) is 0 Å². The minimum atomic E-state index is -3.61. The predicted octanol–water partition coefficient (Wildman–Crippen LogP) is 2.04. The van der Waals surface area contributed by atoms with Crippen molar-refractivity contribution in [3.05, 3.63) is 36.2 Å². The molecule has 162 valence electrons. The van der Waals surface area contributed by atoms with E-state index in [0.29, 0.717) is 43.6 Å². The zero-order valence-corrected chi connectivity index (χ0v) is 18.4. The van der Waals surface area contributed by atoms with Crippen molar-refractivity contribution in [1.82, 2.24) is 14.3 Å². The van der Waals surface area contributed by atoms with Crippen LogP contribution in [0, 0.1) is 6.92 Å². The highest BCUT2D eigenvalue weighted by atomic mass is 32.2. The van der Waals surface area contributed by atoms with Gasteiger partial charge in [-0.05, 0) is 45.0 Å². The monoisotopic (exact) mass is 433 g/mol. The highest BCUT2D eigenvalue weighted by Gasteiger charge is 2.29. The van der Waals surface area contributed by atoms with Gasteiger partial charge >= 0.3 is 0 Å². The van der Waals surface area contributed by atoms with E-state index in [9.17, 15) is 13.2 Å². The molecule has 1 amide bonds. The quantitative estimate of drug-likeness (QED) is 0.743. The Balaban J connectivity index is 1.69. The van der Waals surface area contributed by atoms with E-state index in [1.807, 2.05) is 25.7 Å². The van der Waals surface area contributed by atoms with Gasteiger partial charge in [-0.3, -0.25) is 4.79 Å². The standard InChI is InChI=1S/C20H27N5O4S/c1-14(2)29-20-13-19(21-15(3)22-20)24-9-11-25(12-10-24)30(27,28)18-7-5-17(6-8-18)23-16(4)26/h5-8,13-14H,9-12H2,1-4H3,(H,23,26). The smallest absolute Gasteiger partial charge is 0.243 e. The van der Waals surface area contributed by atoms with Gasteiger partial charge in [-0.1, -0.05) is 0 Å². The summed E-state index contributed by atoms with van der Waals surface area (Å²) >= 11 is 0. The maximum atomic E-state index is 13.0. The Bertz CT molecular complexity index is 1000. The van der Waals surface area contributed by atoms with Gasteiger partial charge in [-0.25, -0.2) is 13.4 Å². The summed E-state index contributed by atoms with van der Waals surface area (Å²) in [6.07, 6.45) is 0.00572. The van der Waals surface area contributed by atoms with Gasteiger partial charge in [0.2, 0.25) is 21.8 Å². The number of nitrogens with one attached hydrogen (secondary N) is 1. The lowest BCUT2D eigenvalue weighted by molar-refractivity contribution is -0.114. The minimum Gasteiger partial charge on any atom is -0.475 e. The molecule has 0 radical (unpaired) electrons. The van der Waals surface area contributed by atoms with E-state index in [-0.39, 0.29) is 16.9 Å². The van der Waals surface area contributed by atoms with Crippen LogP contribution in [0.4, 0.5) is 11.5 Å². The molecule has 0 aliphatic carbocycles. The van der Waals surface area contributed by atoms with Crippen molar-refractivity contribution in [2.75, 3.05) is 36.4 Å². The summed E-state index contributed by atoms with van der Waals surface area (Å²) in [7, 11) is -3.61. The summed E-state index contributed by atoms with van der Waals surface area (Å²) in [5.41, 5.74) is 0.560. The Hall–Kier alpha value is -2.72. The van der Waals surface area contributed by atoms with Gasteiger partial charge in [-0.2, -0.15) is 9.29 Å². The number of carbonyl (C=O) groups is 1. The number of amides is 1. The Morgan fingerprint density at radius 3 is 2.30 bits per heavy atom. The zero-order valence-electron chi connectivity index (χ0n) is 17.6. The molecule has 1 aliphatic rings. The third-order valence-electron chi connectivity index (χ3n) is 4.53. The Kier molecular flexibility index (Phi) is 6.57. The number of piperazine rings is 1. The van der Waals surface area contributed by atoms with Gasteiger partial charge < -0.3 is 15.0 Å². The van der Waals surface area contributed by atoms with Crippen LogP contribution in [0.15, 0.2) is 35.2 Å². The lowest BCUT2D eigenvalue weighted by Crippen LogP contribution is -2.49. The van der Waals surface area contributed by atoms with Gasteiger partial charge in [0.25, 0.3) is 0 Å². The molecule has 2 heterocycles. The highest BCUT2D eigenvalue weighted by molar-refractivity contribution is 7.89. The van der Waals surface area contributed by atoms with E-state index >= 15 is 0 Å². The molecule has 2 aromatic rings. The van der Waals surface area contributed by atoms with Crippen LogP contribution in [0.2, 0.25) is 0 Å². The fraction of sp³-hybridized carbons (Fsp3) is 0.450. The molecule has 0 atom stereocenters. The molecule has 3 rings (SSSR count). The lowest BCUT2D eigenvalue weighted by atomic mass is 10.3. The number of hydrogen-bond acceptors (Lipinski definition) is 7. The second kappa shape index (κ2) is 8.97. The van der Waals surface area contributed by atoms with Crippen LogP contribution >= 0.6 is 0 Å². The first-order valence-electron chi connectivity index (χ1n) is 9.80. The summed E-state index contributed by atoms with van der Waals surface area (Å²) in [6, 6.07) is 7.99. The normalized spacial score (nSPS) is 15.3. The first-order chi connectivity index (χ1) is 14.1. The first kappa shape index (κ1) is 22.0. The Labute approximate surface area is 177 Å². The molecule has 9 nitrogen and oxygen atoms in total. The molecule has 0 bridgehead atoms. The summed E-state index contributed by atoms with van der Waals surface area (Å²) in [5.74, 6) is 1.65. The number of nitrogens with zero attached hydrogens (tertiary/aromatic N) is 4. The number of ether oxygens (including phenoxy) is 1. The van der Waals surface area contributed by atoms with E-state index in [1.54, 1.807) is 18.2 Å². The molecular weight excluding hydrogens is 406 g/mol. The molecule has 1 aliphatic heterocycles. The molecule has 0 saturated carbocycles. The van der Waals surface area contributed by atoms with E-state index in [2.05, 4.69) is 15.3 Å². The predicted molar refractivity (Wildman–Crippen MR) is 114 cm³/mol. The second-order valence-corrected chi connectivity index (χ2v) is 9.31. The van der Waals surface area contributed by atoms with Crippen LogP contribution in [-0.2, 0) is 14.8 Å². The number of hydrogen-bond donors (Lipinski definition) is 1. The topological polar surface area (TPSA) is 105 Å². The summed E-state index contributed by atoms with van der Waals surface area (Å²) in [6.45, 7) is 8.80. The van der Waals surface area contributed by atoms with Crippen LogP contribution in [0.25, 0.3) is 0 Å². The van der Waals surface area contributed by atoms with Gasteiger partial charge in [0.15, 0.2) is 0 Å². The van der Waals surface area contributed by atoms with Gasteiger partial charge in [0.1, 0.15) is 11.6 Å². The largest absolute Gasteiger partial charge is 0.475 e. The average Bonchev–Trinajstić information content (AvgIpc) is 2.67. The number of benzene rings is 1. The molecule has 10 heteroatoms. The van der Waals surface area contributed by atoms with Crippen molar-refractivity contribution in [2.45, 2.75) is 38.7 Å². The number of sulfonamides is 1. The van der Waals surface area contributed by atoms with E-state index in [0.717, 1.165) is 5.82 Å². The zero-order chi connectivity index (χ0) is 21.9. The number of rotatable bonds is 6. The molecule has 0 spiro atoms. The molecule has 1 aromatic heterocycles. The maximum absolute atomic E-state index is 13.0. The molecule has 1 fully saturated rings. The van der Waals surface area contributed by atoms with Gasteiger partial charge in [0, 0.05) is 44.9 Å². The van der Waals surface area contributed by atoms with Gasteiger partial charge in [-0.15, -0.1) is 0 Å². The van der Waals surface area contributed by atoms with Crippen LogP contribution in [-0.4, -0.2) is 60.9 Å². The highest BCUT2D eigenvalue weighted by Crippen LogP contribution is 2.23. The molecule has 30 heavy (non-hydrogen) atoms. The fourth-order valence-corrected chi connectivity index (χ4v) is 4.63. The number of anilines is 2. The Morgan fingerprint density at radius 2 is 1.73 bits per heavy atom.